The van der Waals surface area contributed by atoms with Crippen molar-refractivity contribution in [3.8, 4) is 0 Å². The van der Waals surface area contributed by atoms with Crippen LogP contribution < -0.4 is 0 Å². The van der Waals surface area contributed by atoms with Gasteiger partial charge >= 0.3 is 16.5 Å². The van der Waals surface area contributed by atoms with Gasteiger partial charge in [0.05, 0.1) is 0 Å². The van der Waals surface area contributed by atoms with Crippen molar-refractivity contribution < 1.29 is 21.3 Å². The Morgan fingerprint density at radius 3 is 1.83 bits per heavy atom. The van der Waals surface area contributed by atoms with Crippen molar-refractivity contribution >= 4 is 6.29 Å². The third-order valence-electron chi connectivity index (χ3n) is 0.144. The Hall–Kier alpha value is 0.164. The monoisotopic (exact) mass is 130 g/mol. The molecule has 0 spiro atoms. The van der Waals surface area contributed by atoms with E-state index in [9.17, 15) is 0 Å². The molecule has 0 aromatic heterocycles. The fraction of sp³-hybridized carbons (Fsp3) is 0.500. The predicted molar refractivity (Wildman–Crippen MR) is 22.4 cm³/mol. The molecule has 0 rings (SSSR count). The minimum absolute atomic E-state index is 0. The smallest absolute Gasteiger partial charge is 0.542 e. The molecular formula is C4H8NiO. The molecule has 0 aromatic carbocycles. The Morgan fingerprint density at radius 2 is 1.83 bits per heavy atom. The van der Waals surface area contributed by atoms with Gasteiger partial charge in [-0.1, -0.05) is 6.92 Å². The van der Waals surface area contributed by atoms with E-state index in [1.807, 2.05) is 0 Å². The van der Waals surface area contributed by atoms with E-state index in [1.54, 1.807) is 13.2 Å². The van der Waals surface area contributed by atoms with Crippen LogP contribution in [-0.2, 0) is 21.3 Å². The zero-order valence-electron chi connectivity index (χ0n) is 3.93. The normalized spacial score (nSPS) is 4.17. The molecule has 0 fully saturated rings. The number of carbonyl (C=O) groups excluding carboxylic acids is 1. The van der Waals surface area contributed by atoms with Crippen LogP contribution in [0.3, 0.4) is 0 Å². The van der Waals surface area contributed by atoms with Crippen LogP contribution in [-0.4, -0.2) is 6.29 Å². The second-order valence-corrected chi connectivity index (χ2v) is 0.498. The van der Waals surface area contributed by atoms with Crippen LogP contribution in [0.4, 0.5) is 0 Å². The molecule has 0 saturated carbocycles. The fourth-order valence-electron chi connectivity index (χ4n) is 0. The first-order chi connectivity index (χ1) is 1.91. The Morgan fingerprint density at radius 1 is 1.67 bits per heavy atom. The van der Waals surface area contributed by atoms with Crippen molar-refractivity contribution in [1.82, 2.24) is 0 Å². The molecule has 0 bridgehead atoms. The molecule has 0 aliphatic heterocycles. The van der Waals surface area contributed by atoms with Gasteiger partial charge in [0.1, 0.15) is 0 Å². The summed E-state index contributed by atoms with van der Waals surface area (Å²) in [5.41, 5.74) is 0. The second kappa shape index (κ2) is 19.1. The predicted octanol–water partition coefficient (Wildman–Crippen LogP) is 0.954. The van der Waals surface area contributed by atoms with Gasteiger partial charge in [0, 0.05) is 0 Å². The molecule has 0 aliphatic rings. The van der Waals surface area contributed by atoms with Crippen molar-refractivity contribution in [3.63, 3.8) is 0 Å². The molecule has 0 unspecified atom stereocenters. The van der Waals surface area contributed by atoms with Crippen LogP contribution in [0, 0.1) is 7.43 Å². The summed E-state index contributed by atoms with van der Waals surface area (Å²) in [5, 5.41) is 0. The van der Waals surface area contributed by atoms with Gasteiger partial charge < -0.3 is 12.2 Å². The van der Waals surface area contributed by atoms with E-state index < -0.39 is 0 Å². The van der Waals surface area contributed by atoms with Gasteiger partial charge in [-0.05, 0) is 0 Å². The molecule has 0 aliphatic carbocycles. The maximum atomic E-state index is 9.05. The van der Waals surface area contributed by atoms with Gasteiger partial charge in [-0.2, -0.15) is 6.42 Å². The Labute approximate surface area is 49.0 Å². The van der Waals surface area contributed by atoms with E-state index >= 15 is 0 Å². The summed E-state index contributed by atoms with van der Waals surface area (Å²) < 4.78 is 0. The topological polar surface area (TPSA) is 17.1 Å². The third-order valence-corrected chi connectivity index (χ3v) is 0.144. The van der Waals surface area contributed by atoms with E-state index in [2.05, 4.69) is 0 Å². The first kappa shape index (κ1) is 16.4. The van der Waals surface area contributed by atoms with Crippen LogP contribution in [0.15, 0.2) is 0 Å². The van der Waals surface area contributed by atoms with E-state index in [-0.39, 0.29) is 23.9 Å². The molecule has 1 nitrogen and oxygen atoms in total. The van der Waals surface area contributed by atoms with Crippen LogP contribution in [0.1, 0.15) is 13.3 Å². The molecular weight excluding hydrogens is 123 g/mol. The van der Waals surface area contributed by atoms with Gasteiger partial charge in [-0.15, -0.1) is 0 Å². The van der Waals surface area contributed by atoms with Crippen LogP contribution in [0.2, 0.25) is 0 Å². The molecule has 0 aromatic rings. The van der Waals surface area contributed by atoms with E-state index in [0.717, 1.165) is 0 Å². The Bertz CT molecular complexity index is 21.5. The maximum Gasteiger partial charge on any atom is 2.00 e. The molecule has 0 heterocycles. The van der Waals surface area contributed by atoms with Crippen molar-refractivity contribution in [2.75, 3.05) is 0 Å². The molecule has 0 atom stereocenters. The summed E-state index contributed by atoms with van der Waals surface area (Å²) in [4.78, 5) is 9.05. The first-order valence-electron chi connectivity index (χ1n) is 1.26. The molecule has 2 heteroatoms. The van der Waals surface area contributed by atoms with Crippen molar-refractivity contribution in [3.05, 3.63) is 7.43 Å². The van der Waals surface area contributed by atoms with Crippen LogP contribution in [0.25, 0.3) is 0 Å². The standard InChI is InChI=1S/C3H5O.CH3.Ni/c1-2-3-4;;/h2H2,1H3;1H3;/q2*-1;+2. The number of rotatable bonds is 1. The van der Waals surface area contributed by atoms with Gasteiger partial charge in [-0.25, -0.2) is 0 Å². The van der Waals surface area contributed by atoms with Gasteiger partial charge in [0.25, 0.3) is 0 Å². The van der Waals surface area contributed by atoms with Crippen molar-refractivity contribution in [1.29, 1.82) is 0 Å². The molecule has 6 heavy (non-hydrogen) atoms. The minimum atomic E-state index is 0. The number of hydrogen-bond donors (Lipinski definition) is 0. The molecule has 0 radical (unpaired) electrons. The average molecular weight is 131 g/mol. The van der Waals surface area contributed by atoms with Crippen LogP contribution in [0.5, 0.6) is 0 Å². The molecule has 40 valence electrons. The number of hydrogen-bond acceptors (Lipinski definition) is 1. The summed E-state index contributed by atoms with van der Waals surface area (Å²) in [6, 6.07) is 0. The third kappa shape index (κ3) is 30.8. The maximum absolute atomic E-state index is 9.05. The average Bonchev–Trinajstić information content (AvgIpc) is 1.37. The SMILES string of the molecule is CC[C-]=O.[CH3-].[Ni+2]. The van der Waals surface area contributed by atoms with E-state index in [0.29, 0.717) is 6.42 Å². The second-order valence-electron chi connectivity index (χ2n) is 0.498. The summed E-state index contributed by atoms with van der Waals surface area (Å²) >= 11 is 0. The Balaban J connectivity index is -0.0000000450. The zero-order valence-corrected chi connectivity index (χ0v) is 4.92. The summed E-state index contributed by atoms with van der Waals surface area (Å²) in [6.07, 6.45) is 2.19. The summed E-state index contributed by atoms with van der Waals surface area (Å²) in [7, 11) is 0. The minimum Gasteiger partial charge on any atom is -0.542 e. The van der Waals surface area contributed by atoms with Gasteiger partial charge in [0.15, 0.2) is 0 Å². The molecule has 0 amide bonds. The van der Waals surface area contributed by atoms with E-state index in [4.69, 9.17) is 4.79 Å². The van der Waals surface area contributed by atoms with Crippen molar-refractivity contribution in [2.45, 2.75) is 13.3 Å². The zero-order chi connectivity index (χ0) is 3.41. The van der Waals surface area contributed by atoms with Crippen molar-refractivity contribution in [2.24, 2.45) is 0 Å². The largest absolute Gasteiger partial charge is 2.00 e. The van der Waals surface area contributed by atoms with Crippen LogP contribution >= 0.6 is 0 Å². The summed E-state index contributed by atoms with van der Waals surface area (Å²) in [6.45, 7) is 1.76. The molecule has 0 N–H and O–H groups in total. The fourth-order valence-corrected chi connectivity index (χ4v) is 0. The van der Waals surface area contributed by atoms with Gasteiger partial charge in [0.2, 0.25) is 0 Å². The quantitative estimate of drug-likeness (QED) is 0.382. The Kier molecular flexibility index (Phi) is 52.3. The molecule has 0 saturated heterocycles. The van der Waals surface area contributed by atoms with Gasteiger partial charge in [-0.3, -0.25) is 6.29 Å². The first-order valence-corrected chi connectivity index (χ1v) is 1.26. The summed E-state index contributed by atoms with van der Waals surface area (Å²) in [5.74, 6) is 0. The van der Waals surface area contributed by atoms with E-state index in [1.165, 1.54) is 0 Å².